The lowest BCUT2D eigenvalue weighted by molar-refractivity contribution is -0.125. The molecule has 0 saturated carbocycles. The van der Waals surface area contributed by atoms with Crippen molar-refractivity contribution in [3.63, 3.8) is 0 Å². The molecule has 0 bridgehead atoms. The maximum atomic E-state index is 11.5. The Bertz CT molecular complexity index is 486. The van der Waals surface area contributed by atoms with Crippen LogP contribution in [0.2, 0.25) is 0 Å². The number of nitrogens with zero attached hydrogens (tertiary/aromatic N) is 2. The minimum atomic E-state index is -0.431. The number of anilines is 1. The molecule has 1 aromatic heterocycles. The van der Waals surface area contributed by atoms with Crippen molar-refractivity contribution in [2.45, 2.75) is 33.7 Å². The Hall–Kier alpha value is -1.62. The number of amides is 1. The van der Waals surface area contributed by atoms with Crippen molar-refractivity contribution in [2.75, 3.05) is 24.5 Å². The van der Waals surface area contributed by atoms with E-state index in [1.54, 1.807) is 0 Å². The summed E-state index contributed by atoms with van der Waals surface area (Å²) in [5.41, 5.74) is 6.23. The first kappa shape index (κ1) is 15.8. The summed E-state index contributed by atoms with van der Waals surface area (Å²) in [6.45, 7) is 9.64. The highest BCUT2D eigenvalue weighted by molar-refractivity contribution is 5.82. The van der Waals surface area contributed by atoms with Crippen LogP contribution >= 0.6 is 0 Å². The third kappa shape index (κ3) is 3.94. The predicted octanol–water partition coefficient (Wildman–Crippen LogP) is 1.53. The molecule has 1 aromatic rings. The van der Waals surface area contributed by atoms with E-state index >= 15 is 0 Å². The summed E-state index contributed by atoms with van der Waals surface area (Å²) in [6, 6.07) is 4.12. The predicted molar refractivity (Wildman–Crippen MR) is 84.9 cm³/mol. The minimum absolute atomic E-state index is 0.223. The molecule has 3 N–H and O–H groups in total. The fraction of sp³-hybridized carbons (Fsp3) is 0.625. The van der Waals surface area contributed by atoms with Crippen LogP contribution in [-0.2, 0) is 11.3 Å². The van der Waals surface area contributed by atoms with Crippen LogP contribution in [0.5, 0.6) is 0 Å². The molecule has 21 heavy (non-hydrogen) atoms. The van der Waals surface area contributed by atoms with E-state index < -0.39 is 5.41 Å². The SMILES string of the molecule is CC(C)CNCc1ccc(N2CCC(C)(C(N)=O)C2)nc1. The lowest BCUT2D eigenvalue weighted by atomic mass is 9.89. The first-order valence-corrected chi connectivity index (χ1v) is 7.61. The molecule has 1 saturated heterocycles. The summed E-state index contributed by atoms with van der Waals surface area (Å²) in [7, 11) is 0. The van der Waals surface area contributed by atoms with Crippen molar-refractivity contribution in [2.24, 2.45) is 17.1 Å². The van der Waals surface area contributed by atoms with Crippen LogP contribution in [0.3, 0.4) is 0 Å². The van der Waals surface area contributed by atoms with E-state index in [0.29, 0.717) is 12.5 Å². The van der Waals surface area contributed by atoms with E-state index in [4.69, 9.17) is 5.73 Å². The molecular formula is C16H26N4O. The number of hydrogen-bond acceptors (Lipinski definition) is 4. The number of pyridine rings is 1. The normalized spacial score (nSPS) is 22.0. The zero-order valence-electron chi connectivity index (χ0n) is 13.2. The largest absolute Gasteiger partial charge is 0.369 e. The van der Waals surface area contributed by atoms with Gasteiger partial charge < -0.3 is 16.0 Å². The summed E-state index contributed by atoms with van der Waals surface area (Å²) >= 11 is 0. The topological polar surface area (TPSA) is 71.2 Å². The molecule has 1 aliphatic heterocycles. The Morgan fingerprint density at radius 2 is 2.29 bits per heavy atom. The van der Waals surface area contributed by atoms with Gasteiger partial charge in [-0.2, -0.15) is 0 Å². The molecular weight excluding hydrogens is 264 g/mol. The standard InChI is InChI=1S/C16H26N4O/c1-12(2)8-18-9-13-4-5-14(19-10-13)20-7-6-16(3,11-20)15(17)21/h4-5,10,12,18H,6-9,11H2,1-3H3,(H2,17,21). The van der Waals surface area contributed by atoms with Gasteiger partial charge in [-0.15, -0.1) is 0 Å². The second-order valence-electron chi connectivity index (χ2n) is 6.65. The molecule has 0 spiro atoms. The van der Waals surface area contributed by atoms with Crippen LogP contribution in [0.15, 0.2) is 18.3 Å². The summed E-state index contributed by atoms with van der Waals surface area (Å²) < 4.78 is 0. The third-order valence-corrected chi connectivity index (χ3v) is 4.08. The van der Waals surface area contributed by atoms with Crippen molar-refractivity contribution in [1.29, 1.82) is 0 Å². The molecule has 5 nitrogen and oxygen atoms in total. The summed E-state index contributed by atoms with van der Waals surface area (Å²) in [4.78, 5) is 18.1. The van der Waals surface area contributed by atoms with Crippen LogP contribution in [-0.4, -0.2) is 30.5 Å². The summed E-state index contributed by atoms with van der Waals surface area (Å²) in [6.07, 6.45) is 2.70. The molecule has 1 aliphatic rings. The van der Waals surface area contributed by atoms with Crippen molar-refractivity contribution in [3.8, 4) is 0 Å². The van der Waals surface area contributed by atoms with Gasteiger partial charge in [0.15, 0.2) is 0 Å². The van der Waals surface area contributed by atoms with E-state index in [2.05, 4.69) is 35.1 Å². The number of carbonyl (C=O) groups is 1. The van der Waals surface area contributed by atoms with Gasteiger partial charge in [-0.25, -0.2) is 4.98 Å². The van der Waals surface area contributed by atoms with Gasteiger partial charge >= 0.3 is 0 Å². The maximum absolute atomic E-state index is 11.5. The smallest absolute Gasteiger partial charge is 0.225 e. The van der Waals surface area contributed by atoms with Crippen molar-refractivity contribution in [3.05, 3.63) is 23.9 Å². The molecule has 0 radical (unpaired) electrons. The van der Waals surface area contributed by atoms with E-state index in [1.807, 2.05) is 19.2 Å². The van der Waals surface area contributed by atoms with Gasteiger partial charge in [-0.1, -0.05) is 19.9 Å². The number of nitrogens with one attached hydrogen (secondary N) is 1. The average molecular weight is 290 g/mol. The molecule has 0 aliphatic carbocycles. The third-order valence-electron chi connectivity index (χ3n) is 4.08. The molecule has 116 valence electrons. The number of primary amides is 1. The number of hydrogen-bond donors (Lipinski definition) is 2. The number of nitrogens with two attached hydrogens (primary N) is 1. The Morgan fingerprint density at radius 3 is 2.81 bits per heavy atom. The van der Waals surface area contributed by atoms with E-state index in [-0.39, 0.29) is 5.91 Å². The van der Waals surface area contributed by atoms with Crippen molar-refractivity contribution < 1.29 is 4.79 Å². The fourth-order valence-electron chi connectivity index (χ4n) is 2.57. The first-order chi connectivity index (χ1) is 9.90. The second-order valence-corrected chi connectivity index (χ2v) is 6.65. The highest BCUT2D eigenvalue weighted by Gasteiger charge is 2.39. The van der Waals surface area contributed by atoms with Gasteiger partial charge in [-0.3, -0.25) is 4.79 Å². The zero-order chi connectivity index (χ0) is 15.5. The van der Waals surface area contributed by atoms with Gasteiger partial charge in [0, 0.05) is 25.8 Å². The highest BCUT2D eigenvalue weighted by Crippen LogP contribution is 2.31. The molecule has 1 fully saturated rings. The van der Waals surface area contributed by atoms with Gasteiger partial charge in [0.05, 0.1) is 5.41 Å². The number of aromatic nitrogens is 1. The Balaban J connectivity index is 1.92. The summed E-state index contributed by atoms with van der Waals surface area (Å²) in [5, 5.41) is 3.40. The molecule has 1 atom stereocenters. The first-order valence-electron chi connectivity index (χ1n) is 7.61. The quantitative estimate of drug-likeness (QED) is 0.833. The van der Waals surface area contributed by atoms with E-state index in [9.17, 15) is 4.79 Å². The van der Waals surface area contributed by atoms with Gasteiger partial charge in [0.25, 0.3) is 0 Å². The number of carbonyl (C=O) groups excluding carboxylic acids is 1. The lowest BCUT2D eigenvalue weighted by Crippen LogP contribution is -2.37. The number of rotatable bonds is 6. The zero-order valence-corrected chi connectivity index (χ0v) is 13.2. The van der Waals surface area contributed by atoms with Crippen molar-refractivity contribution >= 4 is 11.7 Å². The highest BCUT2D eigenvalue weighted by atomic mass is 16.1. The molecule has 2 heterocycles. The van der Waals surface area contributed by atoms with E-state index in [1.165, 1.54) is 5.56 Å². The monoisotopic (exact) mass is 290 g/mol. The van der Waals surface area contributed by atoms with Crippen LogP contribution in [0.25, 0.3) is 0 Å². The van der Waals surface area contributed by atoms with Crippen LogP contribution in [0.1, 0.15) is 32.8 Å². The maximum Gasteiger partial charge on any atom is 0.225 e. The molecule has 1 unspecified atom stereocenters. The average Bonchev–Trinajstić information content (AvgIpc) is 2.83. The van der Waals surface area contributed by atoms with Crippen LogP contribution < -0.4 is 16.0 Å². The lowest BCUT2D eigenvalue weighted by Gasteiger charge is -2.21. The van der Waals surface area contributed by atoms with Crippen LogP contribution in [0, 0.1) is 11.3 Å². The minimum Gasteiger partial charge on any atom is -0.369 e. The Kier molecular flexibility index (Phi) is 4.83. The molecule has 2 rings (SSSR count). The fourth-order valence-corrected chi connectivity index (χ4v) is 2.57. The van der Waals surface area contributed by atoms with E-state index in [0.717, 1.165) is 31.9 Å². The Morgan fingerprint density at radius 1 is 1.52 bits per heavy atom. The van der Waals surface area contributed by atoms with Crippen molar-refractivity contribution in [1.82, 2.24) is 10.3 Å². The second kappa shape index (κ2) is 6.43. The molecule has 1 amide bonds. The Labute approximate surface area is 126 Å². The summed E-state index contributed by atoms with van der Waals surface area (Å²) in [5.74, 6) is 1.35. The van der Waals surface area contributed by atoms with Gasteiger partial charge in [0.2, 0.25) is 5.91 Å². The molecule has 5 heteroatoms. The van der Waals surface area contributed by atoms with Gasteiger partial charge in [-0.05, 0) is 37.4 Å². The van der Waals surface area contributed by atoms with Crippen LogP contribution in [0.4, 0.5) is 5.82 Å². The van der Waals surface area contributed by atoms with Gasteiger partial charge in [0.1, 0.15) is 5.82 Å². The molecule has 0 aromatic carbocycles.